The van der Waals surface area contributed by atoms with Gasteiger partial charge >= 0.3 is 0 Å². The smallest absolute Gasteiger partial charge is 0.276 e. The zero-order valence-electron chi connectivity index (χ0n) is 12.2. The molecule has 0 saturated heterocycles. The van der Waals surface area contributed by atoms with Crippen molar-refractivity contribution in [3.05, 3.63) is 59.9 Å². The van der Waals surface area contributed by atoms with Gasteiger partial charge in [-0.15, -0.1) is 0 Å². The molecule has 0 saturated carbocycles. The second kappa shape index (κ2) is 7.21. The molecule has 0 aliphatic heterocycles. The molecule has 0 aliphatic rings. The molecule has 2 rings (SSSR count). The Bertz CT molecular complexity index is 791. The average molecular weight is 338 g/mol. The van der Waals surface area contributed by atoms with E-state index in [0.717, 1.165) is 24.3 Å². The molecule has 122 valence electrons. The van der Waals surface area contributed by atoms with E-state index in [0.29, 0.717) is 0 Å². The van der Waals surface area contributed by atoms with Gasteiger partial charge < -0.3 is 0 Å². The van der Waals surface area contributed by atoms with Crippen molar-refractivity contribution in [2.75, 3.05) is 11.3 Å². The molecule has 0 aromatic heterocycles. The first kappa shape index (κ1) is 16.9. The Morgan fingerprint density at radius 2 is 1.78 bits per heavy atom. The Morgan fingerprint density at radius 1 is 1.13 bits per heavy atom. The highest BCUT2D eigenvalue weighted by atomic mass is 32.2. The van der Waals surface area contributed by atoms with Gasteiger partial charge in [-0.05, 0) is 43.3 Å². The summed E-state index contributed by atoms with van der Waals surface area (Å²) in [4.78, 5) is 16.7. The molecular formula is C15H15FN2O4S. The minimum atomic E-state index is -3.94. The summed E-state index contributed by atoms with van der Waals surface area (Å²) in [6.45, 7) is 1.97. The fourth-order valence-electron chi connectivity index (χ4n) is 1.78. The van der Waals surface area contributed by atoms with Gasteiger partial charge in [0.2, 0.25) is 0 Å². The van der Waals surface area contributed by atoms with Crippen LogP contribution in [0.3, 0.4) is 0 Å². The fourth-order valence-corrected chi connectivity index (χ4v) is 2.86. The van der Waals surface area contributed by atoms with E-state index >= 15 is 0 Å². The average Bonchev–Trinajstić information content (AvgIpc) is 2.53. The van der Waals surface area contributed by atoms with Crippen molar-refractivity contribution in [3.8, 4) is 0 Å². The Balaban J connectivity index is 2.29. The Labute approximate surface area is 133 Å². The van der Waals surface area contributed by atoms with Crippen molar-refractivity contribution in [3.63, 3.8) is 0 Å². The minimum Gasteiger partial charge on any atom is -0.279 e. The molecule has 0 spiro atoms. The molecule has 0 unspecified atom stereocenters. The summed E-state index contributed by atoms with van der Waals surface area (Å²) in [5.41, 5.74) is 2.39. The van der Waals surface area contributed by atoms with Gasteiger partial charge in [0.1, 0.15) is 5.82 Å². The lowest BCUT2D eigenvalue weighted by molar-refractivity contribution is 0.0365. The predicted octanol–water partition coefficient (Wildman–Crippen LogP) is 2.31. The normalized spacial score (nSPS) is 11.0. The molecule has 0 radical (unpaired) electrons. The highest BCUT2D eigenvalue weighted by Gasteiger charge is 2.18. The zero-order valence-corrected chi connectivity index (χ0v) is 13.1. The SMILES string of the molecule is CCONC(=O)c1ccccc1NS(=O)(=O)c1ccc(F)cc1. The van der Waals surface area contributed by atoms with Crippen molar-refractivity contribution in [1.29, 1.82) is 0 Å². The molecule has 2 N–H and O–H groups in total. The third-order valence-electron chi connectivity index (χ3n) is 2.85. The molecule has 0 bridgehead atoms. The lowest BCUT2D eigenvalue weighted by Crippen LogP contribution is -2.25. The molecule has 6 nitrogen and oxygen atoms in total. The number of hydrogen-bond donors (Lipinski definition) is 2. The van der Waals surface area contributed by atoms with Crippen molar-refractivity contribution in [1.82, 2.24) is 5.48 Å². The summed E-state index contributed by atoms with van der Waals surface area (Å²) in [7, 11) is -3.94. The number of sulfonamides is 1. The maximum Gasteiger partial charge on any atom is 0.276 e. The van der Waals surface area contributed by atoms with Crippen LogP contribution in [0.1, 0.15) is 17.3 Å². The number of amides is 1. The number of carbonyl (C=O) groups excluding carboxylic acids is 1. The lowest BCUT2D eigenvalue weighted by Gasteiger charge is -2.12. The molecule has 1 amide bonds. The monoisotopic (exact) mass is 338 g/mol. The molecule has 2 aromatic rings. The minimum absolute atomic E-state index is 0.0917. The Hall–Kier alpha value is -2.45. The molecule has 23 heavy (non-hydrogen) atoms. The second-order valence-corrected chi connectivity index (χ2v) is 6.15. The molecular weight excluding hydrogens is 323 g/mol. The highest BCUT2D eigenvalue weighted by molar-refractivity contribution is 7.92. The summed E-state index contributed by atoms with van der Waals surface area (Å²) in [6, 6.07) is 10.4. The zero-order chi connectivity index (χ0) is 16.9. The van der Waals surface area contributed by atoms with Gasteiger partial charge in [0.25, 0.3) is 15.9 Å². The topological polar surface area (TPSA) is 84.5 Å². The van der Waals surface area contributed by atoms with Crippen molar-refractivity contribution >= 4 is 21.6 Å². The van der Waals surface area contributed by atoms with E-state index in [-0.39, 0.29) is 22.8 Å². The van der Waals surface area contributed by atoms with Crippen LogP contribution in [0.4, 0.5) is 10.1 Å². The van der Waals surface area contributed by atoms with E-state index in [4.69, 9.17) is 4.84 Å². The van der Waals surface area contributed by atoms with E-state index in [9.17, 15) is 17.6 Å². The van der Waals surface area contributed by atoms with Crippen molar-refractivity contribution in [2.24, 2.45) is 0 Å². The number of carbonyl (C=O) groups is 1. The number of para-hydroxylation sites is 1. The summed E-state index contributed by atoms with van der Waals surface area (Å²) in [6.07, 6.45) is 0. The third-order valence-corrected chi connectivity index (χ3v) is 4.23. The lowest BCUT2D eigenvalue weighted by atomic mass is 10.2. The number of halogens is 1. The summed E-state index contributed by atoms with van der Waals surface area (Å²) in [5, 5.41) is 0. The number of hydroxylamine groups is 1. The largest absolute Gasteiger partial charge is 0.279 e. The van der Waals surface area contributed by atoms with Gasteiger partial charge in [-0.3, -0.25) is 14.4 Å². The van der Waals surface area contributed by atoms with Crippen LogP contribution in [0.2, 0.25) is 0 Å². The third kappa shape index (κ3) is 4.27. The van der Waals surface area contributed by atoms with Crippen LogP contribution in [0.15, 0.2) is 53.4 Å². The molecule has 2 aromatic carbocycles. The van der Waals surface area contributed by atoms with E-state index in [1.807, 2.05) is 0 Å². The predicted molar refractivity (Wildman–Crippen MR) is 82.7 cm³/mol. The first-order valence-corrected chi connectivity index (χ1v) is 8.22. The number of rotatable bonds is 6. The van der Waals surface area contributed by atoms with Crippen LogP contribution in [0.25, 0.3) is 0 Å². The molecule has 0 fully saturated rings. The van der Waals surface area contributed by atoms with Crippen LogP contribution in [0.5, 0.6) is 0 Å². The van der Waals surface area contributed by atoms with Crippen LogP contribution in [0, 0.1) is 5.82 Å². The first-order chi connectivity index (χ1) is 10.9. The molecule has 8 heteroatoms. The summed E-state index contributed by atoms with van der Waals surface area (Å²) in [5.74, 6) is -1.12. The van der Waals surface area contributed by atoms with Crippen molar-refractivity contribution in [2.45, 2.75) is 11.8 Å². The molecule has 0 atom stereocenters. The van der Waals surface area contributed by atoms with E-state index in [1.54, 1.807) is 19.1 Å². The maximum atomic E-state index is 12.9. The van der Waals surface area contributed by atoms with Crippen LogP contribution in [-0.4, -0.2) is 20.9 Å². The number of nitrogens with one attached hydrogen (secondary N) is 2. The van der Waals surface area contributed by atoms with Gasteiger partial charge in [-0.1, -0.05) is 12.1 Å². The Kier molecular flexibility index (Phi) is 5.30. The van der Waals surface area contributed by atoms with E-state index in [2.05, 4.69) is 10.2 Å². The molecule has 0 aliphatic carbocycles. The number of anilines is 1. The number of benzene rings is 2. The van der Waals surface area contributed by atoms with Crippen LogP contribution >= 0.6 is 0 Å². The van der Waals surface area contributed by atoms with Gasteiger partial charge in [0.15, 0.2) is 0 Å². The van der Waals surface area contributed by atoms with E-state index < -0.39 is 21.7 Å². The summed E-state index contributed by atoms with van der Waals surface area (Å²) < 4.78 is 39.8. The summed E-state index contributed by atoms with van der Waals surface area (Å²) >= 11 is 0. The van der Waals surface area contributed by atoms with Crippen molar-refractivity contribution < 1.29 is 22.4 Å². The van der Waals surface area contributed by atoms with Crippen LogP contribution < -0.4 is 10.2 Å². The second-order valence-electron chi connectivity index (χ2n) is 4.47. The van der Waals surface area contributed by atoms with Crippen LogP contribution in [-0.2, 0) is 14.9 Å². The van der Waals surface area contributed by atoms with Gasteiger partial charge in [-0.25, -0.2) is 18.3 Å². The quantitative estimate of drug-likeness (QED) is 0.792. The number of hydrogen-bond acceptors (Lipinski definition) is 4. The van der Waals surface area contributed by atoms with Gasteiger partial charge in [-0.2, -0.15) is 0 Å². The van der Waals surface area contributed by atoms with E-state index in [1.165, 1.54) is 12.1 Å². The van der Waals surface area contributed by atoms with Gasteiger partial charge in [0.05, 0.1) is 22.8 Å². The highest BCUT2D eigenvalue weighted by Crippen LogP contribution is 2.20. The first-order valence-electron chi connectivity index (χ1n) is 6.73. The Morgan fingerprint density at radius 3 is 2.43 bits per heavy atom. The standard InChI is InChI=1S/C15H15FN2O4S/c1-2-22-17-15(19)13-5-3-4-6-14(13)18-23(20,21)12-9-7-11(16)8-10-12/h3-10,18H,2H2,1H3,(H,17,19). The molecule has 0 heterocycles. The fraction of sp³-hybridized carbons (Fsp3) is 0.133. The maximum absolute atomic E-state index is 12.9. The van der Waals surface area contributed by atoms with Gasteiger partial charge in [0, 0.05) is 0 Å².